The van der Waals surface area contributed by atoms with Gasteiger partial charge in [-0.2, -0.15) is 0 Å². The Labute approximate surface area is 143 Å². The summed E-state index contributed by atoms with van der Waals surface area (Å²) in [5, 5.41) is 21.9. The van der Waals surface area contributed by atoms with E-state index in [1.165, 1.54) is 6.20 Å². The molecule has 8 nitrogen and oxygen atoms in total. The highest BCUT2D eigenvalue weighted by molar-refractivity contribution is 7.22. The predicted octanol–water partition coefficient (Wildman–Crippen LogP) is 1.93. The van der Waals surface area contributed by atoms with Gasteiger partial charge in [-0.25, -0.2) is 15.0 Å². The Bertz CT molecular complexity index is 942. The van der Waals surface area contributed by atoms with Crippen molar-refractivity contribution in [2.45, 2.75) is 0 Å². The maximum Gasteiger partial charge on any atom is 0.322 e. The fraction of sp³-hybridized carbons (Fsp3) is 0.0714. The van der Waals surface area contributed by atoms with Gasteiger partial charge < -0.3 is 15.5 Å². The van der Waals surface area contributed by atoms with E-state index in [2.05, 4.69) is 20.3 Å². The number of carboxylic acid groups (broad SMARTS) is 1. The maximum atomic E-state index is 11.9. The van der Waals surface area contributed by atoms with Crippen LogP contribution in [0, 0.1) is 0 Å². The number of aliphatic carboxylic acids is 1. The molecule has 3 heterocycles. The van der Waals surface area contributed by atoms with Crippen LogP contribution in [0.1, 0.15) is 10.5 Å². The highest BCUT2D eigenvalue weighted by atomic mass is 35.5. The van der Waals surface area contributed by atoms with Gasteiger partial charge in [-0.3, -0.25) is 9.59 Å². The molecule has 0 aromatic carbocycles. The molecule has 122 valence electrons. The minimum Gasteiger partial charge on any atom is -0.504 e. The summed E-state index contributed by atoms with van der Waals surface area (Å²) in [4.78, 5) is 34.5. The van der Waals surface area contributed by atoms with Crippen molar-refractivity contribution in [2.75, 3.05) is 6.54 Å². The van der Waals surface area contributed by atoms with Crippen molar-refractivity contribution in [2.24, 2.45) is 0 Å². The lowest BCUT2D eigenvalue weighted by Gasteiger charge is -2.03. The average Bonchev–Trinajstić information content (AvgIpc) is 2.98. The smallest absolute Gasteiger partial charge is 0.322 e. The highest BCUT2D eigenvalue weighted by Gasteiger charge is 2.19. The molecule has 0 aliphatic rings. The van der Waals surface area contributed by atoms with E-state index in [1.807, 2.05) is 0 Å². The van der Waals surface area contributed by atoms with Gasteiger partial charge in [-0.1, -0.05) is 11.6 Å². The Kier molecular flexibility index (Phi) is 4.28. The Morgan fingerprint density at radius 1 is 1.25 bits per heavy atom. The Hall–Kier alpha value is -2.78. The lowest BCUT2D eigenvalue weighted by atomic mass is 10.3. The Balaban J connectivity index is 1.98. The van der Waals surface area contributed by atoms with Gasteiger partial charge in [-0.15, -0.1) is 11.3 Å². The zero-order valence-corrected chi connectivity index (χ0v) is 13.4. The second-order valence-corrected chi connectivity index (χ2v) is 6.02. The van der Waals surface area contributed by atoms with E-state index in [9.17, 15) is 14.7 Å². The van der Waals surface area contributed by atoms with E-state index in [1.54, 1.807) is 18.3 Å². The summed E-state index contributed by atoms with van der Waals surface area (Å²) in [5.41, 5.74) is 0.863. The van der Waals surface area contributed by atoms with Crippen LogP contribution in [0.15, 0.2) is 24.5 Å². The number of fused-ring (bicyclic) bond motifs is 1. The van der Waals surface area contributed by atoms with Crippen LogP contribution in [-0.4, -0.2) is 43.6 Å². The third-order valence-corrected chi connectivity index (χ3v) is 4.35. The molecule has 3 aromatic rings. The molecule has 0 aliphatic carbocycles. The molecule has 0 saturated carbocycles. The number of amides is 1. The number of rotatable bonds is 4. The number of carbonyl (C=O) groups is 2. The molecule has 0 atom stereocenters. The summed E-state index contributed by atoms with van der Waals surface area (Å²) < 4.78 is 0.371. The number of thiazole rings is 1. The summed E-state index contributed by atoms with van der Waals surface area (Å²) in [6.45, 7) is -0.567. The first-order valence-electron chi connectivity index (χ1n) is 6.56. The largest absolute Gasteiger partial charge is 0.504 e. The van der Waals surface area contributed by atoms with Gasteiger partial charge >= 0.3 is 5.97 Å². The molecule has 0 unspecified atom stereocenters. The number of hydrogen-bond donors (Lipinski definition) is 3. The van der Waals surface area contributed by atoms with Crippen LogP contribution in [0.25, 0.3) is 20.8 Å². The molecule has 0 aliphatic heterocycles. The molecule has 3 rings (SSSR count). The lowest BCUT2D eigenvalue weighted by Crippen LogP contribution is -2.29. The monoisotopic (exact) mass is 364 g/mol. The van der Waals surface area contributed by atoms with Gasteiger partial charge in [-0.05, 0) is 12.1 Å². The van der Waals surface area contributed by atoms with E-state index >= 15 is 0 Å². The fourth-order valence-corrected chi connectivity index (χ4v) is 3.00. The minimum absolute atomic E-state index is 0.256. The van der Waals surface area contributed by atoms with Gasteiger partial charge in [0.05, 0.1) is 6.20 Å². The fourth-order valence-electron chi connectivity index (χ4n) is 1.92. The summed E-state index contributed by atoms with van der Waals surface area (Å²) in [6, 6.07) is 3.35. The van der Waals surface area contributed by atoms with Gasteiger partial charge in [0.25, 0.3) is 5.91 Å². The number of nitrogens with one attached hydrogen (secondary N) is 1. The van der Waals surface area contributed by atoms with Gasteiger partial charge in [0.1, 0.15) is 26.9 Å². The van der Waals surface area contributed by atoms with Crippen molar-refractivity contribution in [3.63, 3.8) is 0 Å². The first kappa shape index (κ1) is 16.1. The van der Waals surface area contributed by atoms with Crippen molar-refractivity contribution in [3.8, 4) is 16.3 Å². The molecule has 10 heteroatoms. The summed E-state index contributed by atoms with van der Waals surface area (Å²) in [7, 11) is 0. The van der Waals surface area contributed by atoms with Crippen molar-refractivity contribution >= 4 is 45.0 Å². The first-order valence-corrected chi connectivity index (χ1v) is 7.75. The van der Waals surface area contributed by atoms with Gasteiger partial charge in [0.2, 0.25) is 0 Å². The SMILES string of the molecule is O=C(O)CNC(=O)c1ncc2nc(-c3ccc(Cl)nc3)sc2c1O. The highest BCUT2D eigenvalue weighted by Crippen LogP contribution is 2.36. The van der Waals surface area contributed by atoms with E-state index in [0.29, 0.717) is 25.9 Å². The molecular weight excluding hydrogens is 356 g/mol. The van der Waals surface area contributed by atoms with Gasteiger partial charge in [0, 0.05) is 11.8 Å². The number of aromatic nitrogens is 3. The quantitative estimate of drug-likeness (QED) is 0.604. The Morgan fingerprint density at radius 3 is 2.71 bits per heavy atom. The van der Waals surface area contributed by atoms with Crippen molar-refractivity contribution in [1.29, 1.82) is 0 Å². The molecule has 0 fully saturated rings. The van der Waals surface area contributed by atoms with Crippen molar-refractivity contribution < 1.29 is 19.8 Å². The number of pyridine rings is 2. The van der Waals surface area contributed by atoms with E-state index in [-0.39, 0.29) is 11.4 Å². The maximum absolute atomic E-state index is 11.9. The zero-order chi connectivity index (χ0) is 17.3. The second-order valence-electron chi connectivity index (χ2n) is 4.63. The topological polar surface area (TPSA) is 125 Å². The van der Waals surface area contributed by atoms with Crippen LogP contribution < -0.4 is 5.32 Å². The van der Waals surface area contributed by atoms with Gasteiger partial charge in [0.15, 0.2) is 11.4 Å². The predicted molar refractivity (Wildman–Crippen MR) is 87.3 cm³/mol. The molecule has 3 N–H and O–H groups in total. The number of halogens is 1. The molecule has 1 amide bonds. The molecule has 24 heavy (non-hydrogen) atoms. The zero-order valence-electron chi connectivity index (χ0n) is 11.9. The third-order valence-electron chi connectivity index (χ3n) is 3.00. The third kappa shape index (κ3) is 3.12. The van der Waals surface area contributed by atoms with Crippen LogP contribution >= 0.6 is 22.9 Å². The van der Waals surface area contributed by atoms with Crippen molar-refractivity contribution in [3.05, 3.63) is 35.4 Å². The molecular formula is C14H9ClN4O4S. The van der Waals surface area contributed by atoms with E-state index in [4.69, 9.17) is 16.7 Å². The molecule has 3 aromatic heterocycles. The second kappa shape index (κ2) is 6.38. The van der Waals surface area contributed by atoms with Crippen LogP contribution in [0.5, 0.6) is 5.75 Å². The molecule has 0 spiro atoms. The number of carbonyl (C=O) groups excluding carboxylic acids is 1. The normalized spacial score (nSPS) is 10.7. The number of hydrogen-bond acceptors (Lipinski definition) is 7. The van der Waals surface area contributed by atoms with Crippen LogP contribution in [0.3, 0.4) is 0 Å². The number of nitrogens with zero attached hydrogens (tertiary/aromatic N) is 3. The van der Waals surface area contributed by atoms with E-state index < -0.39 is 18.4 Å². The molecule has 0 radical (unpaired) electrons. The molecule has 0 saturated heterocycles. The number of carboxylic acids is 1. The summed E-state index contributed by atoms with van der Waals surface area (Å²) >= 11 is 6.90. The van der Waals surface area contributed by atoms with E-state index in [0.717, 1.165) is 11.3 Å². The summed E-state index contributed by atoms with van der Waals surface area (Å²) in [6.07, 6.45) is 2.89. The lowest BCUT2D eigenvalue weighted by molar-refractivity contribution is -0.135. The standard InChI is InChI=1S/C14H9ClN4O4S/c15-8-2-1-6(3-16-8)14-19-7-4-17-10(11(22)12(7)24-14)13(23)18-5-9(20)21/h1-4,22H,5H2,(H,18,23)(H,20,21). The summed E-state index contributed by atoms with van der Waals surface area (Å²) in [5.74, 6) is -2.32. The minimum atomic E-state index is -1.20. The molecule has 0 bridgehead atoms. The van der Waals surface area contributed by atoms with Crippen molar-refractivity contribution in [1.82, 2.24) is 20.3 Å². The van der Waals surface area contributed by atoms with Crippen LogP contribution in [0.4, 0.5) is 0 Å². The first-order chi connectivity index (χ1) is 11.5. The Morgan fingerprint density at radius 2 is 2.04 bits per heavy atom. The number of aromatic hydroxyl groups is 1. The van der Waals surface area contributed by atoms with Crippen LogP contribution in [0.2, 0.25) is 5.15 Å². The van der Waals surface area contributed by atoms with Crippen LogP contribution in [-0.2, 0) is 4.79 Å². The average molecular weight is 365 g/mol.